The van der Waals surface area contributed by atoms with Gasteiger partial charge in [0, 0.05) is 26.0 Å². The quantitative estimate of drug-likeness (QED) is 0.156. The summed E-state index contributed by atoms with van der Waals surface area (Å²) in [6, 6.07) is 10.5. The lowest BCUT2D eigenvalue weighted by atomic mass is 10.1. The third-order valence-corrected chi connectivity index (χ3v) is 9.76. The molecule has 0 spiro atoms. The van der Waals surface area contributed by atoms with Crippen LogP contribution in [0.25, 0.3) is 16.2 Å². The molecule has 1 aromatic heterocycles. The molecule has 12 heteroatoms. The summed E-state index contributed by atoms with van der Waals surface area (Å²) in [5, 5.41) is 6.79. The Bertz CT molecular complexity index is 1370. The number of hydrogen-bond donors (Lipinski definition) is 1. The number of halogens is 3. The number of nitrogens with one attached hydrogen (secondary N) is 1. The van der Waals surface area contributed by atoms with Crippen LogP contribution >= 0.6 is 53.7 Å². The van der Waals surface area contributed by atoms with E-state index in [0.29, 0.717) is 48.3 Å². The number of benzene rings is 2. The summed E-state index contributed by atoms with van der Waals surface area (Å²) in [4.78, 5) is 13.9. The van der Waals surface area contributed by atoms with E-state index in [2.05, 4.69) is 5.32 Å². The number of rotatable bonds is 13. The van der Waals surface area contributed by atoms with Crippen molar-refractivity contribution in [2.75, 3.05) is 68.6 Å². The van der Waals surface area contributed by atoms with E-state index in [1.54, 1.807) is 36.4 Å². The Hall–Kier alpha value is -1.45. The topological polar surface area (TPSA) is 64.6 Å². The number of nitrogens with zero attached hydrogens (tertiary/aromatic N) is 2. The van der Waals surface area contributed by atoms with Gasteiger partial charge in [0.15, 0.2) is 5.66 Å². The molecule has 1 heterocycles. The fourth-order valence-corrected chi connectivity index (χ4v) is 7.47. The Morgan fingerprint density at radius 1 is 0.925 bits per heavy atom. The normalized spacial score (nSPS) is 13.7. The predicted molar refractivity (Wildman–Crippen MR) is 169 cm³/mol. The van der Waals surface area contributed by atoms with Crippen molar-refractivity contribution in [2.45, 2.75) is 5.66 Å². The second-order valence-corrected chi connectivity index (χ2v) is 15.8. The van der Waals surface area contributed by atoms with E-state index in [0.717, 1.165) is 10.1 Å². The second kappa shape index (κ2) is 13.7. The van der Waals surface area contributed by atoms with E-state index >= 15 is 0 Å². The van der Waals surface area contributed by atoms with Crippen molar-refractivity contribution in [3.63, 3.8) is 0 Å². The van der Waals surface area contributed by atoms with Crippen molar-refractivity contribution in [3.05, 3.63) is 74.2 Å². The molecule has 0 aliphatic carbocycles. The predicted octanol–water partition coefficient (Wildman–Crippen LogP) is 7.33. The number of thiophene rings is 1. The lowest BCUT2D eigenvalue weighted by Gasteiger charge is -2.30. The molecule has 0 saturated carbocycles. The van der Waals surface area contributed by atoms with Crippen LogP contribution in [0.1, 0.15) is 16.8 Å². The smallest absolute Gasteiger partial charge is 0.332 e. The van der Waals surface area contributed by atoms with Crippen molar-refractivity contribution in [3.8, 4) is 0 Å². The number of amides is 1. The zero-order valence-corrected chi connectivity index (χ0v) is 27.6. The zero-order chi connectivity index (χ0) is 29.7. The first-order valence-corrected chi connectivity index (χ1v) is 16.3. The summed E-state index contributed by atoms with van der Waals surface area (Å²) >= 11 is 20.0. The average molecular weight is 649 g/mol. The largest absolute Gasteiger partial charge is 0.348 e. The van der Waals surface area contributed by atoms with Crippen LogP contribution in [0.4, 0.5) is 0 Å². The minimum Gasteiger partial charge on any atom is -0.332 e. The van der Waals surface area contributed by atoms with Gasteiger partial charge in [0.25, 0.3) is 0 Å². The van der Waals surface area contributed by atoms with E-state index in [-0.39, 0.29) is 13.2 Å². The molecular weight excluding hydrogens is 612 g/mol. The monoisotopic (exact) mass is 647 g/mol. The number of hydrogen-bond acceptors (Lipinski definition) is 5. The van der Waals surface area contributed by atoms with Gasteiger partial charge in [-0.05, 0) is 64.4 Å². The summed E-state index contributed by atoms with van der Waals surface area (Å²) in [6.45, 7) is 1.44. The molecule has 0 radical (unpaired) electrons. The Kier molecular flexibility index (Phi) is 11.3. The number of likely N-dealkylation sites (N-methyl/N-ethyl adjacent to an activating group) is 2. The Labute approximate surface area is 255 Å². The molecular formula is C28H37Cl3N3O4PS+2. The third-order valence-electron chi connectivity index (χ3n) is 5.88. The molecule has 1 unspecified atom stereocenters. The molecule has 40 heavy (non-hydrogen) atoms. The highest BCUT2D eigenvalue weighted by molar-refractivity contribution is 7.55. The molecule has 0 aliphatic heterocycles. The first-order valence-electron chi connectivity index (χ1n) is 12.7. The molecule has 7 nitrogen and oxygen atoms in total. The molecule has 3 rings (SSSR count). The standard InChI is InChI=1S/C28H36Cl3N3O4PS/c1-33(2,3)11-13-37-39(36,38-14-12-34(4,5)6)27(25-19-40-26-8-7-21(29)18-24(25)26)28(35)32-10-9-20-15-22(30)17-23(31)16-20/h7-10,15-19,27H,11-14H2,1-6H3/q+1/p+1. The lowest BCUT2D eigenvalue weighted by molar-refractivity contribution is -0.870. The Balaban J connectivity index is 2.02. The fraction of sp³-hybridized carbons (Fsp3) is 0.393. The van der Waals surface area contributed by atoms with Crippen LogP contribution in [0.5, 0.6) is 0 Å². The maximum absolute atomic E-state index is 14.7. The number of quaternary nitrogens is 2. The number of carbonyl (C=O) groups excluding carboxylic acids is 1. The van der Waals surface area contributed by atoms with Gasteiger partial charge in [-0.25, -0.2) is 0 Å². The highest BCUT2D eigenvalue weighted by atomic mass is 35.5. The van der Waals surface area contributed by atoms with E-state index in [9.17, 15) is 9.36 Å². The van der Waals surface area contributed by atoms with Gasteiger partial charge in [0.2, 0.25) is 5.91 Å². The molecule has 0 saturated heterocycles. The van der Waals surface area contributed by atoms with Crippen LogP contribution in [-0.4, -0.2) is 83.5 Å². The van der Waals surface area contributed by atoms with Gasteiger partial charge in [-0.1, -0.05) is 34.8 Å². The fourth-order valence-electron chi connectivity index (χ4n) is 3.73. The van der Waals surface area contributed by atoms with Crippen LogP contribution in [0.2, 0.25) is 15.1 Å². The van der Waals surface area contributed by atoms with Gasteiger partial charge in [-0.3, -0.25) is 9.36 Å². The van der Waals surface area contributed by atoms with Crippen molar-refractivity contribution in [1.82, 2.24) is 5.32 Å². The summed E-state index contributed by atoms with van der Waals surface area (Å²) < 4.78 is 28.9. The minimum absolute atomic E-state index is 0.147. The van der Waals surface area contributed by atoms with Gasteiger partial charge in [0.1, 0.15) is 26.3 Å². The molecule has 0 aliphatic rings. The highest BCUT2D eigenvalue weighted by Gasteiger charge is 2.44. The van der Waals surface area contributed by atoms with E-state index < -0.39 is 19.2 Å². The van der Waals surface area contributed by atoms with Crippen LogP contribution in [0.3, 0.4) is 0 Å². The average Bonchev–Trinajstić information content (AvgIpc) is 3.19. The van der Waals surface area contributed by atoms with E-state index in [1.807, 2.05) is 53.7 Å². The highest BCUT2D eigenvalue weighted by Crippen LogP contribution is 2.62. The molecule has 1 amide bonds. The number of fused-ring (bicyclic) bond motifs is 1. The van der Waals surface area contributed by atoms with Crippen molar-refractivity contribution >= 4 is 75.8 Å². The first kappa shape index (κ1) is 33.1. The summed E-state index contributed by atoms with van der Waals surface area (Å²) in [5.41, 5.74) is 0.00831. The van der Waals surface area contributed by atoms with Crippen LogP contribution in [0, 0.1) is 0 Å². The first-order chi connectivity index (χ1) is 18.6. The van der Waals surface area contributed by atoms with E-state index in [1.165, 1.54) is 17.5 Å². The van der Waals surface area contributed by atoms with Gasteiger partial charge < -0.3 is 23.3 Å². The third kappa shape index (κ3) is 9.83. The maximum atomic E-state index is 14.7. The maximum Gasteiger partial charge on any atom is 0.348 e. The van der Waals surface area contributed by atoms with Crippen molar-refractivity contribution in [2.24, 2.45) is 0 Å². The van der Waals surface area contributed by atoms with Gasteiger partial charge >= 0.3 is 7.60 Å². The number of carbonyl (C=O) groups is 1. The lowest BCUT2D eigenvalue weighted by Crippen LogP contribution is -2.38. The van der Waals surface area contributed by atoms with Crippen LogP contribution < -0.4 is 5.32 Å². The molecule has 3 aromatic rings. The van der Waals surface area contributed by atoms with Crippen LogP contribution in [-0.2, 0) is 18.4 Å². The SMILES string of the molecule is C[N+](C)(C)CCOP(=O)(OCC[N+](C)(C)C)C(C(=O)NC=Cc1cc(Cl)cc(Cl)c1)c1csc2ccc(Cl)cc12. The Morgan fingerprint density at radius 2 is 1.50 bits per heavy atom. The zero-order valence-electron chi connectivity index (χ0n) is 23.6. The summed E-state index contributed by atoms with van der Waals surface area (Å²) in [7, 11) is 8.03. The van der Waals surface area contributed by atoms with Gasteiger partial charge in [0.05, 0.1) is 42.3 Å². The summed E-state index contributed by atoms with van der Waals surface area (Å²) in [6.07, 6.45) is 3.14. The Morgan fingerprint density at radius 3 is 2.05 bits per heavy atom. The van der Waals surface area contributed by atoms with Crippen molar-refractivity contribution < 1.29 is 27.4 Å². The van der Waals surface area contributed by atoms with Crippen molar-refractivity contribution in [1.29, 1.82) is 0 Å². The summed E-state index contributed by atoms with van der Waals surface area (Å²) in [5.74, 6) is -0.525. The van der Waals surface area contributed by atoms with E-state index in [4.69, 9.17) is 43.9 Å². The molecule has 218 valence electrons. The molecule has 0 bridgehead atoms. The van der Waals surface area contributed by atoms with Crippen LogP contribution in [0.15, 0.2) is 48.0 Å². The molecule has 2 aromatic carbocycles. The molecule has 1 atom stereocenters. The van der Waals surface area contributed by atoms with Gasteiger partial charge in [-0.2, -0.15) is 0 Å². The molecule has 0 fully saturated rings. The second-order valence-electron chi connectivity index (χ2n) is 11.5. The molecule has 1 N–H and O–H groups in total. The minimum atomic E-state index is -4.04. The van der Waals surface area contributed by atoms with Gasteiger partial charge in [-0.15, -0.1) is 11.3 Å².